The van der Waals surface area contributed by atoms with Gasteiger partial charge in [0.15, 0.2) is 11.5 Å². The first kappa shape index (κ1) is 19.6. The summed E-state index contributed by atoms with van der Waals surface area (Å²) in [5.74, 6) is 1.71. The summed E-state index contributed by atoms with van der Waals surface area (Å²) in [6, 6.07) is 13.5. The molecule has 1 aliphatic rings. The number of fused-ring (bicyclic) bond motifs is 1. The van der Waals surface area contributed by atoms with Gasteiger partial charge in [0, 0.05) is 6.54 Å². The van der Waals surface area contributed by atoms with Gasteiger partial charge in [0.2, 0.25) is 0 Å². The van der Waals surface area contributed by atoms with Crippen LogP contribution in [-0.2, 0) is 12.8 Å². The molecule has 1 atom stereocenters. The van der Waals surface area contributed by atoms with Crippen LogP contribution in [0, 0.1) is 0 Å². The van der Waals surface area contributed by atoms with E-state index < -0.39 is 0 Å². The Hall–Kier alpha value is -1.71. The topological polar surface area (TPSA) is 30.5 Å². The molecule has 0 aromatic heterocycles. The minimum Gasteiger partial charge on any atom is -0.490 e. The SMILES string of the molecule is CCOc1cc2c(cc1OCC)C(c1ccc(CC)cc1)NCC2.Cl. The van der Waals surface area contributed by atoms with Crippen LogP contribution in [0.5, 0.6) is 11.5 Å². The summed E-state index contributed by atoms with van der Waals surface area (Å²) in [5, 5.41) is 3.65. The van der Waals surface area contributed by atoms with Crippen LogP contribution < -0.4 is 14.8 Å². The molecule has 2 aromatic rings. The van der Waals surface area contributed by atoms with Crippen LogP contribution in [-0.4, -0.2) is 19.8 Å². The predicted octanol–water partition coefficient (Wildman–Crippen LogP) is 4.70. The van der Waals surface area contributed by atoms with E-state index in [4.69, 9.17) is 9.47 Å². The van der Waals surface area contributed by atoms with E-state index in [0.717, 1.165) is 30.9 Å². The normalized spacial score (nSPS) is 15.9. The molecule has 1 aliphatic heterocycles. The highest BCUT2D eigenvalue weighted by Crippen LogP contribution is 2.37. The molecule has 0 fully saturated rings. The number of rotatable bonds is 6. The van der Waals surface area contributed by atoms with Crippen LogP contribution in [0.4, 0.5) is 0 Å². The third-order valence-corrected chi connectivity index (χ3v) is 4.58. The highest BCUT2D eigenvalue weighted by molar-refractivity contribution is 5.85. The lowest BCUT2D eigenvalue weighted by Crippen LogP contribution is -2.30. The van der Waals surface area contributed by atoms with Crippen LogP contribution in [0.3, 0.4) is 0 Å². The van der Waals surface area contributed by atoms with E-state index in [1.165, 1.54) is 22.3 Å². The number of hydrogen-bond donors (Lipinski definition) is 1. The molecule has 3 nitrogen and oxygen atoms in total. The zero-order chi connectivity index (χ0) is 16.9. The van der Waals surface area contributed by atoms with Gasteiger partial charge in [-0.05, 0) is 61.1 Å². The molecule has 0 saturated heterocycles. The molecule has 0 aliphatic carbocycles. The standard InChI is InChI=1S/C21H27NO2.ClH/c1-4-15-7-9-16(10-8-15)21-18-14-20(24-6-3)19(23-5-2)13-17(18)11-12-22-21;/h7-10,13-14,21-22H,4-6,11-12H2,1-3H3;1H. The average Bonchev–Trinajstić information content (AvgIpc) is 2.62. The lowest BCUT2D eigenvalue weighted by Gasteiger charge is -2.29. The fourth-order valence-corrected chi connectivity index (χ4v) is 3.34. The second-order valence-corrected chi connectivity index (χ2v) is 6.10. The van der Waals surface area contributed by atoms with E-state index in [1.54, 1.807) is 0 Å². The van der Waals surface area contributed by atoms with Gasteiger partial charge >= 0.3 is 0 Å². The van der Waals surface area contributed by atoms with Gasteiger partial charge in [-0.1, -0.05) is 31.2 Å². The number of aryl methyl sites for hydroxylation is 1. The summed E-state index contributed by atoms with van der Waals surface area (Å²) in [7, 11) is 0. The minimum absolute atomic E-state index is 0. The molecule has 2 aromatic carbocycles. The van der Waals surface area contributed by atoms with Gasteiger partial charge < -0.3 is 14.8 Å². The Morgan fingerprint density at radius 2 is 1.60 bits per heavy atom. The lowest BCUT2D eigenvalue weighted by molar-refractivity contribution is 0.286. The van der Waals surface area contributed by atoms with Crippen molar-refractivity contribution < 1.29 is 9.47 Å². The summed E-state index contributed by atoms with van der Waals surface area (Å²) in [5.41, 5.74) is 5.33. The Labute approximate surface area is 157 Å². The van der Waals surface area contributed by atoms with Crippen LogP contribution in [0.25, 0.3) is 0 Å². The van der Waals surface area contributed by atoms with E-state index in [2.05, 4.69) is 48.6 Å². The van der Waals surface area contributed by atoms with Crippen molar-refractivity contribution in [3.63, 3.8) is 0 Å². The monoisotopic (exact) mass is 361 g/mol. The average molecular weight is 362 g/mol. The second-order valence-electron chi connectivity index (χ2n) is 6.10. The Balaban J connectivity index is 0.00000225. The first-order valence-electron chi connectivity index (χ1n) is 9.01. The summed E-state index contributed by atoms with van der Waals surface area (Å²) < 4.78 is 11.6. The number of benzene rings is 2. The van der Waals surface area contributed by atoms with E-state index in [9.17, 15) is 0 Å². The maximum Gasteiger partial charge on any atom is 0.161 e. The molecule has 1 unspecified atom stereocenters. The van der Waals surface area contributed by atoms with E-state index in [0.29, 0.717) is 13.2 Å². The van der Waals surface area contributed by atoms with E-state index in [-0.39, 0.29) is 18.4 Å². The molecule has 136 valence electrons. The molecule has 1 N–H and O–H groups in total. The van der Waals surface area contributed by atoms with Crippen molar-refractivity contribution in [3.8, 4) is 11.5 Å². The zero-order valence-corrected chi connectivity index (χ0v) is 16.1. The molecule has 4 heteroatoms. The Morgan fingerprint density at radius 1 is 0.960 bits per heavy atom. The smallest absolute Gasteiger partial charge is 0.161 e. The molecule has 0 radical (unpaired) electrons. The highest BCUT2D eigenvalue weighted by Gasteiger charge is 2.24. The van der Waals surface area contributed by atoms with Crippen molar-refractivity contribution in [3.05, 3.63) is 58.7 Å². The maximum absolute atomic E-state index is 5.82. The number of halogens is 1. The van der Waals surface area contributed by atoms with Crippen LogP contribution in [0.15, 0.2) is 36.4 Å². The molecule has 25 heavy (non-hydrogen) atoms. The van der Waals surface area contributed by atoms with Gasteiger partial charge in [-0.25, -0.2) is 0 Å². The van der Waals surface area contributed by atoms with Gasteiger partial charge in [0.1, 0.15) is 0 Å². The van der Waals surface area contributed by atoms with Gasteiger partial charge in [-0.2, -0.15) is 0 Å². The van der Waals surface area contributed by atoms with Crippen LogP contribution in [0.1, 0.15) is 49.1 Å². The molecular formula is C21H28ClNO2. The Kier molecular flexibility index (Phi) is 7.15. The third-order valence-electron chi connectivity index (χ3n) is 4.58. The fraction of sp³-hybridized carbons (Fsp3) is 0.429. The van der Waals surface area contributed by atoms with Crippen molar-refractivity contribution in [2.45, 2.75) is 39.7 Å². The number of ether oxygens (including phenoxy) is 2. The van der Waals surface area contributed by atoms with Crippen molar-refractivity contribution in [2.24, 2.45) is 0 Å². The maximum atomic E-state index is 5.82. The minimum atomic E-state index is 0. The largest absolute Gasteiger partial charge is 0.490 e. The Bertz CT molecular complexity index is 685. The molecule has 3 rings (SSSR count). The van der Waals surface area contributed by atoms with Crippen molar-refractivity contribution in [1.29, 1.82) is 0 Å². The van der Waals surface area contributed by atoms with Crippen molar-refractivity contribution >= 4 is 12.4 Å². The van der Waals surface area contributed by atoms with Gasteiger partial charge in [-0.3, -0.25) is 0 Å². The number of hydrogen-bond acceptors (Lipinski definition) is 3. The van der Waals surface area contributed by atoms with Crippen LogP contribution in [0.2, 0.25) is 0 Å². The summed E-state index contributed by atoms with van der Waals surface area (Å²) in [6.07, 6.45) is 2.09. The predicted molar refractivity (Wildman–Crippen MR) is 105 cm³/mol. The van der Waals surface area contributed by atoms with E-state index >= 15 is 0 Å². The zero-order valence-electron chi connectivity index (χ0n) is 15.3. The van der Waals surface area contributed by atoms with E-state index in [1.807, 2.05) is 13.8 Å². The summed E-state index contributed by atoms with van der Waals surface area (Å²) in [4.78, 5) is 0. The quantitative estimate of drug-likeness (QED) is 0.808. The summed E-state index contributed by atoms with van der Waals surface area (Å²) in [6.45, 7) is 8.48. The molecule has 0 bridgehead atoms. The van der Waals surface area contributed by atoms with Gasteiger partial charge in [-0.15, -0.1) is 12.4 Å². The Morgan fingerprint density at radius 3 is 2.20 bits per heavy atom. The first-order valence-corrected chi connectivity index (χ1v) is 9.01. The second kappa shape index (κ2) is 9.12. The third kappa shape index (κ3) is 4.28. The molecule has 0 spiro atoms. The van der Waals surface area contributed by atoms with Crippen molar-refractivity contribution in [1.82, 2.24) is 5.32 Å². The lowest BCUT2D eigenvalue weighted by atomic mass is 9.89. The number of nitrogens with one attached hydrogen (secondary N) is 1. The fourth-order valence-electron chi connectivity index (χ4n) is 3.34. The molecular weight excluding hydrogens is 334 g/mol. The van der Waals surface area contributed by atoms with Gasteiger partial charge in [0.05, 0.1) is 19.3 Å². The first-order chi connectivity index (χ1) is 11.8. The van der Waals surface area contributed by atoms with Crippen molar-refractivity contribution in [2.75, 3.05) is 19.8 Å². The van der Waals surface area contributed by atoms with Gasteiger partial charge in [0.25, 0.3) is 0 Å². The summed E-state index contributed by atoms with van der Waals surface area (Å²) >= 11 is 0. The highest BCUT2D eigenvalue weighted by atomic mass is 35.5. The van der Waals surface area contributed by atoms with Crippen LogP contribution >= 0.6 is 12.4 Å². The molecule has 0 amide bonds. The molecule has 1 heterocycles. The molecule has 0 saturated carbocycles.